The Morgan fingerprint density at radius 1 is 0.921 bits per heavy atom. The van der Waals surface area contributed by atoms with E-state index in [0.29, 0.717) is 28.4 Å². The minimum absolute atomic E-state index is 0.183. The molecule has 7 aromatic rings. The second-order valence-corrected chi connectivity index (χ2v) is 9.55. The third kappa shape index (κ3) is 3.91. The highest BCUT2D eigenvalue weighted by Crippen LogP contribution is 2.33. The quantitative estimate of drug-likeness (QED) is 0.242. The summed E-state index contributed by atoms with van der Waals surface area (Å²) >= 11 is 1.65. The van der Waals surface area contributed by atoms with E-state index < -0.39 is 0 Å². The summed E-state index contributed by atoms with van der Waals surface area (Å²) in [6.07, 6.45) is 5.20. The van der Waals surface area contributed by atoms with Gasteiger partial charge in [-0.15, -0.1) is 0 Å². The minimum atomic E-state index is -0.183. The van der Waals surface area contributed by atoms with Crippen LogP contribution >= 0.6 is 11.3 Å². The van der Waals surface area contributed by atoms with E-state index in [0.717, 1.165) is 38.7 Å². The zero-order valence-corrected chi connectivity index (χ0v) is 20.7. The lowest BCUT2D eigenvalue weighted by molar-refractivity contribution is 0.102. The van der Waals surface area contributed by atoms with Gasteiger partial charge in [0.25, 0.3) is 5.91 Å². The van der Waals surface area contributed by atoms with Crippen LogP contribution in [0.1, 0.15) is 10.4 Å². The monoisotopic (exact) mass is 513 g/mol. The number of nitrogens with zero attached hydrogens (tertiary/aromatic N) is 4. The van der Waals surface area contributed by atoms with Crippen LogP contribution in [0.15, 0.2) is 96.1 Å². The first-order valence-corrected chi connectivity index (χ1v) is 12.8. The molecule has 3 N–H and O–H groups in total. The minimum Gasteiger partial charge on any atom is -0.321 e. The summed E-state index contributed by atoms with van der Waals surface area (Å²) in [7, 11) is 0. The van der Waals surface area contributed by atoms with E-state index in [1.165, 1.54) is 0 Å². The summed E-state index contributed by atoms with van der Waals surface area (Å²) in [5, 5.41) is 15.7. The van der Waals surface area contributed by atoms with Crippen LogP contribution in [0.4, 0.5) is 5.69 Å². The molecule has 0 unspecified atom stereocenters. The molecule has 0 bridgehead atoms. The molecule has 38 heavy (non-hydrogen) atoms. The average Bonchev–Trinajstić information content (AvgIpc) is 3.73. The van der Waals surface area contributed by atoms with Crippen molar-refractivity contribution in [2.24, 2.45) is 0 Å². The number of rotatable bonds is 5. The highest BCUT2D eigenvalue weighted by atomic mass is 32.1. The number of benzene rings is 2. The number of aromatic amines is 2. The molecule has 2 aromatic carbocycles. The van der Waals surface area contributed by atoms with Crippen LogP contribution in [0, 0.1) is 0 Å². The fourth-order valence-electron chi connectivity index (χ4n) is 4.51. The van der Waals surface area contributed by atoms with Gasteiger partial charge in [0.2, 0.25) is 0 Å². The number of imidazole rings is 1. The van der Waals surface area contributed by atoms with E-state index in [2.05, 4.69) is 47.3 Å². The maximum absolute atomic E-state index is 12.6. The van der Waals surface area contributed by atoms with Crippen molar-refractivity contribution in [2.45, 2.75) is 0 Å². The van der Waals surface area contributed by atoms with Gasteiger partial charge in [-0.2, -0.15) is 16.4 Å². The Labute approximate surface area is 220 Å². The number of nitrogens with one attached hydrogen (secondary N) is 3. The largest absolute Gasteiger partial charge is 0.321 e. The molecule has 0 aliphatic carbocycles. The Bertz CT molecular complexity index is 1920. The first-order chi connectivity index (χ1) is 18.7. The lowest BCUT2D eigenvalue weighted by atomic mass is 10.0. The molecule has 182 valence electrons. The number of carbonyl (C=O) groups is 1. The smallest absolute Gasteiger partial charge is 0.255 e. The Morgan fingerprint density at radius 3 is 2.71 bits per heavy atom. The second kappa shape index (κ2) is 9.06. The summed E-state index contributed by atoms with van der Waals surface area (Å²) in [6, 6.07) is 21.1. The van der Waals surface area contributed by atoms with Crippen molar-refractivity contribution in [3.8, 4) is 33.8 Å². The van der Waals surface area contributed by atoms with Crippen LogP contribution in [0.3, 0.4) is 0 Å². The van der Waals surface area contributed by atoms with Gasteiger partial charge in [0.1, 0.15) is 11.2 Å². The van der Waals surface area contributed by atoms with Gasteiger partial charge in [-0.05, 0) is 64.4 Å². The van der Waals surface area contributed by atoms with Crippen molar-refractivity contribution in [1.29, 1.82) is 0 Å². The van der Waals surface area contributed by atoms with Gasteiger partial charge in [-0.1, -0.05) is 24.3 Å². The Hall–Kier alpha value is -5.15. The summed E-state index contributed by atoms with van der Waals surface area (Å²) < 4.78 is 0. The van der Waals surface area contributed by atoms with E-state index in [1.807, 2.05) is 48.5 Å². The standard InChI is InChI=1S/C29H19N7OS/c37-29(17-4-2-1-3-5-17)32-21-12-20(14-30-15-21)18-6-7-24-23(13-18)26(36-35-24)28-33-25-22(19-9-11-38-16-19)8-10-31-27(25)34-28/h1-16H,(H,32,37)(H,35,36)(H,31,33,34). The number of hydrogen-bond acceptors (Lipinski definition) is 6. The highest BCUT2D eigenvalue weighted by Gasteiger charge is 2.17. The topological polar surface area (TPSA) is 112 Å². The second-order valence-electron chi connectivity index (χ2n) is 8.77. The van der Waals surface area contributed by atoms with Crippen molar-refractivity contribution in [3.63, 3.8) is 0 Å². The summed E-state index contributed by atoms with van der Waals surface area (Å²) in [5.74, 6) is 0.456. The van der Waals surface area contributed by atoms with Crippen molar-refractivity contribution in [1.82, 2.24) is 30.1 Å². The molecule has 5 heterocycles. The first-order valence-electron chi connectivity index (χ1n) is 11.9. The molecule has 0 aliphatic rings. The molecule has 5 aromatic heterocycles. The third-order valence-corrected chi connectivity index (χ3v) is 7.05. The number of carbonyl (C=O) groups excluding carboxylic acids is 1. The number of thiophene rings is 1. The average molecular weight is 514 g/mol. The van der Waals surface area contributed by atoms with E-state index >= 15 is 0 Å². The predicted octanol–water partition coefficient (Wildman–Crippen LogP) is 6.54. The maximum atomic E-state index is 12.6. The Balaban J connectivity index is 1.25. The van der Waals surface area contributed by atoms with Gasteiger partial charge in [-0.25, -0.2) is 9.97 Å². The van der Waals surface area contributed by atoms with Gasteiger partial charge in [0, 0.05) is 34.5 Å². The lowest BCUT2D eigenvalue weighted by Gasteiger charge is -2.08. The van der Waals surface area contributed by atoms with Gasteiger partial charge in [-0.3, -0.25) is 14.9 Å². The zero-order chi connectivity index (χ0) is 25.5. The Morgan fingerprint density at radius 2 is 1.84 bits per heavy atom. The zero-order valence-electron chi connectivity index (χ0n) is 19.8. The van der Waals surface area contributed by atoms with Crippen LogP contribution in [-0.2, 0) is 0 Å². The molecule has 7 rings (SSSR count). The molecule has 0 saturated heterocycles. The van der Waals surface area contributed by atoms with Crippen LogP contribution in [0.25, 0.3) is 55.8 Å². The highest BCUT2D eigenvalue weighted by molar-refractivity contribution is 7.08. The summed E-state index contributed by atoms with van der Waals surface area (Å²) in [6.45, 7) is 0. The molecule has 0 spiro atoms. The van der Waals surface area contributed by atoms with E-state index in [1.54, 1.807) is 42.1 Å². The number of amides is 1. The van der Waals surface area contributed by atoms with Crippen LogP contribution in [0.5, 0.6) is 0 Å². The van der Waals surface area contributed by atoms with Crippen molar-refractivity contribution < 1.29 is 4.79 Å². The number of pyridine rings is 2. The fourth-order valence-corrected chi connectivity index (χ4v) is 5.16. The Kier molecular flexibility index (Phi) is 5.26. The van der Waals surface area contributed by atoms with Crippen molar-refractivity contribution in [2.75, 3.05) is 5.32 Å². The number of fused-ring (bicyclic) bond motifs is 2. The molecular weight excluding hydrogens is 494 g/mol. The maximum Gasteiger partial charge on any atom is 0.255 e. The summed E-state index contributed by atoms with van der Waals surface area (Å²) in [4.78, 5) is 29.7. The van der Waals surface area contributed by atoms with E-state index in [9.17, 15) is 4.79 Å². The van der Waals surface area contributed by atoms with Crippen molar-refractivity contribution >= 4 is 45.0 Å². The lowest BCUT2D eigenvalue weighted by Crippen LogP contribution is -2.11. The van der Waals surface area contributed by atoms with Crippen LogP contribution < -0.4 is 5.32 Å². The number of H-pyrrole nitrogens is 2. The van der Waals surface area contributed by atoms with E-state index in [-0.39, 0.29) is 5.91 Å². The number of anilines is 1. The fraction of sp³-hybridized carbons (Fsp3) is 0. The van der Waals surface area contributed by atoms with Crippen LogP contribution in [-0.4, -0.2) is 36.0 Å². The van der Waals surface area contributed by atoms with Gasteiger partial charge >= 0.3 is 0 Å². The molecular formula is C29H19N7OS. The molecule has 0 aliphatic heterocycles. The number of hydrogen-bond donors (Lipinski definition) is 3. The molecule has 0 atom stereocenters. The summed E-state index contributed by atoms with van der Waals surface area (Å²) in [5.41, 5.74) is 8.27. The van der Waals surface area contributed by atoms with E-state index in [4.69, 9.17) is 4.98 Å². The van der Waals surface area contributed by atoms with Gasteiger partial charge < -0.3 is 10.3 Å². The molecule has 1 amide bonds. The molecule has 9 heteroatoms. The first kappa shape index (κ1) is 22.1. The molecule has 0 saturated carbocycles. The molecule has 0 radical (unpaired) electrons. The van der Waals surface area contributed by atoms with Crippen molar-refractivity contribution in [3.05, 3.63) is 102 Å². The van der Waals surface area contributed by atoms with Crippen LogP contribution in [0.2, 0.25) is 0 Å². The number of aromatic nitrogens is 6. The van der Waals surface area contributed by atoms with Gasteiger partial charge in [0.05, 0.1) is 17.4 Å². The predicted molar refractivity (Wildman–Crippen MR) is 150 cm³/mol. The SMILES string of the molecule is O=C(Nc1cncc(-c2ccc3[nH]nc(-c4nc5c(-c6ccsc6)ccnc5[nH]4)c3c2)c1)c1ccccc1. The molecule has 8 nitrogen and oxygen atoms in total. The van der Waals surface area contributed by atoms with Gasteiger partial charge in [0.15, 0.2) is 11.5 Å². The molecule has 0 fully saturated rings. The third-order valence-electron chi connectivity index (χ3n) is 6.37. The normalized spacial score (nSPS) is 11.3.